The quantitative estimate of drug-likeness (QED) is 0.743. The topological polar surface area (TPSA) is 60.7 Å². The molecule has 1 rings (SSSR count). The summed E-state index contributed by atoms with van der Waals surface area (Å²) in [4.78, 5) is 0. The van der Waals surface area contributed by atoms with Crippen LogP contribution in [0.1, 0.15) is 12.7 Å². The van der Waals surface area contributed by atoms with Crippen LogP contribution in [0.5, 0.6) is 0 Å². The van der Waals surface area contributed by atoms with E-state index in [9.17, 15) is 0 Å². The Kier molecular flexibility index (Phi) is 3.51. The summed E-state index contributed by atoms with van der Waals surface area (Å²) in [7, 11) is 0. The Labute approximate surface area is 97.9 Å². The van der Waals surface area contributed by atoms with Crippen LogP contribution in [0.15, 0.2) is 25.2 Å². The predicted octanol–water partition coefficient (Wildman–Crippen LogP) is 3.63. The van der Waals surface area contributed by atoms with E-state index in [-0.39, 0.29) is 5.57 Å². The molecule has 0 atom stereocenters. The van der Waals surface area contributed by atoms with Crippen molar-refractivity contribution in [3.8, 4) is 12.1 Å². The molecule has 0 fully saturated rings. The lowest BCUT2D eigenvalue weighted by Crippen LogP contribution is -1.80. The zero-order valence-electron chi connectivity index (χ0n) is 7.14. The molecule has 0 aliphatic heterocycles. The van der Waals surface area contributed by atoms with E-state index in [1.54, 1.807) is 25.1 Å². The van der Waals surface area contributed by atoms with E-state index in [0.717, 1.165) is 4.47 Å². The standard InChI is InChI=1S/C9H4Br2N2O/c1-5(6(3-12)4-13)8-2-7(10)9(11)14-8/h2H,1H3. The van der Waals surface area contributed by atoms with Gasteiger partial charge >= 0.3 is 0 Å². The average Bonchev–Trinajstić information content (AvgIpc) is 2.49. The molecule has 1 aromatic heterocycles. The highest BCUT2D eigenvalue weighted by Gasteiger charge is 2.11. The van der Waals surface area contributed by atoms with E-state index in [0.29, 0.717) is 16.0 Å². The van der Waals surface area contributed by atoms with Gasteiger partial charge in [0.25, 0.3) is 0 Å². The molecule has 3 nitrogen and oxygen atoms in total. The molecule has 0 aliphatic rings. The van der Waals surface area contributed by atoms with Crippen molar-refractivity contribution < 1.29 is 4.42 Å². The van der Waals surface area contributed by atoms with Crippen LogP contribution in [0.25, 0.3) is 5.57 Å². The number of rotatable bonds is 1. The molecule has 0 radical (unpaired) electrons. The monoisotopic (exact) mass is 314 g/mol. The van der Waals surface area contributed by atoms with E-state index < -0.39 is 0 Å². The molecule has 0 amide bonds. The first-order valence-corrected chi connectivity index (χ1v) is 5.15. The molecule has 0 aromatic carbocycles. The Hall–Kier alpha value is -1.04. The zero-order chi connectivity index (χ0) is 10.7. The fraction of sp³-hybridized carbons (Fsp3) is 0.111. The minimum absolute atomic E-state index is 0.0544. The van der Waals surface area contributed by atoms with E-state index in [2.05, 4.69) is 31.9 Å². The third-order valence-electron chi connectivity index (χ3n) is 1.61. The lowest BCUT2D eigenvalue weighted by atomic mass is 10.1. The Balaban J connectivity index is 3.27. The first-order chi connectivity index (χ1) is 6.60. The molecule has 0 aliphatic carbocycles. The lowest BCUT2D eigenvalue weighted by molar-refractivity contribution is 0.526. The summed E-state index contributed by atoms with van der Waals surface area (Å²) in [5.41, 5.74) is 0.583. The van der Waals surface area contributed by atoms with Gasteiger partial charge in [-0.2, -0.15) is 10.5 Å². The number of nitriles is 2. The summed E-state index contributed by atoms with van der Waals surface area (Å²) in [5.74, 6) is 0.502. The normalized spacial score (nSPS) is 8.93. The van der Waals surface area contributed by atoms with Crippen LogP contribution in [0.3, 0.4) is 0 Å². The van der Waals surface area contributed by atoms with Crippen LogP contribution in [0.4, 0.5) is 0 Å². The second-order valence-corrected chi connectivity index (χ2v) is 4.03. The summed E-state index contributed by atoms with van der Waals surface area (Å²) in [6.45, 7) is 1.67. The molecule has 0 unspecified atom stereocenters. The van der Waals surface area contributed by atoms with Crippen molar-refractivity contribution in [2.24, 2.45) is 0 Å². The molecular weight excluding hydrogens is 312 g/mol. The number of hydrogen-bond acceptors (Lipinski definition) is 3. The van der Waals surface area contributed by atoms with Gasteiger partial charge < -0.3 is 4.42 Å². The van der Waals surface area contributed by atoms with Gasteiger partial charge in [-0.15, -0.1) is 0 Å². The Morgan fingerprint density at radius 2 is 1.93 bits per heavy atom. The van der Waals surface area contributed by atoms with Crippen LogP contribution >= 0.6 is 31.9 Å². The molecule has 0 N–H and O–H groups in total. The van der Waals surface area contributed by atoms with Gasteiger partial charge in [0.05, 0.1) is 4.47 Å². The van der Waals surface area contributed by atoms with Crippen LogP contribution in [-0.4, -0.2) is 0 Å². The van der Waals surface area contributed by atoms with Gasteiger partial charge in [-0.25, -0.2) is 0 Å². The minimum Gasteiger partial charge on any atom is -0.448 e. The van der Waals surface area contributed by atoms with E-state index in [1.807, 2.05) is 0 Å². The van der Waals surface area contributed by atoms with Gasteiger partial charge in [-0.05, 0) is 44.8 Å². The maximum absolute atomic E-state index is 8.64. The van der Waals surface area contributed by atoms with Gasteiger partial charge in [0, 0.05) is 5.57 Å². The van der Waals surface area contributed by atoms with E-state index in [1.165, 1.54) is 0 Å². The molecule has 0 bridgehead atoms. The average molecular weight is 316 g/mol. The Bertz CT molecular complexity index is 438. The van der Waals surface area contributed by atoms with Crippen molar-refractivity contribution in [1.29, 1.82) is 10.5 Å². The number of halogens is 2. The summed E-state index contributed by atoms with van der Waals surface area (Å²) in [6.07, 6.45) is 0. The Morgan fingerprint density at radius 3 is 2.29 bits per heavy atom. The SMILES string of the molecule is CC(=C(C#N)C#N)c1cc(Br)c(Br)o1. The number of hydrogen-bond donors (Lipinski definition) is 0. The van der Waals surface area contributed by atoms with Crippen molar-refractivity contribution in [3.63, 3.8) is 0 Å². The fourth-order valence-electron chi connectivity index (χ4n) is 0.847. The van der Waals surface area contributed by atoms with Gasteiger partial charge in [0.1, 0.15) is 23.5 Å². The van der Waals surface area contributed by atoms with Gasteiger partial charge in [-0.3, -0.25) is 0 Å². The number of furan rings is 1. The van der Waals surface area contributed by atoms with Crippen molar-refractivity contribution in [2.75, 3.05) is 0 Å². The fourth-order valence-corrected chi connectivity index (χ4v) is 1.42. The maximum atomic E-state index is 8.64. The van der Waals surface area contributed by atoms with Crippen molar-refractivity contribution in [3.05, 3.63) is 26.5 Å². The largest absolute Gasteiger partial charge is 0.448 e. The van der Waals surface area contributed by atoms with Crippen LogP contribution in [0.2, 0.25) is 0 Å². The first-order valence-electron chi connectivity index (χ1n) is 3.56. The van der Waals surface area contributed by atoms with Crippen LogP contribution < -0.4 is 0 Å². The smallest absolute Gasteiger partial charge is 0.184 e. The first kappa shape index (κ1) is 11.0. The maximum Gasteiger partial charge on any atom is 0.184 e. The summed E-state index contributed by atoms with van der Waals surface area (Å²) < 4.78 is 6.57. The van der Waals surface area contributed by atoms with Gasteiger partial charge in [-0.1, -0.05) is 0 Å². The van der Waals surface area contributed by atoms with Crippen molar-refractivity contribution in [2.45, 2.75) is 6.92 Å². The van der Waals surface area contributed by atoms with Gasteiger partial charge in [0.2, 0.25) is 0 Å². The number of allylic oxidation sites excluding steroid dienone is 2. The molecule has 0 saturated carbocycles. The highest BCUT2D eigenvalue weighted by molar-refractivity contribution is 9.13. The predicted molar refractivity (Wildman–Crippen MR) is 57.9 cm³/mol. The molecule has 14 heavy (non-hydrogen) atoms. The van der Waals surface area contributed by atoms with Crippen molar-refractivity contribution in [1.82, 2.24) is 0 Å². The highest BCUT2D eigenvalue weighted by Crippen LogP contribution is 2.31. The van der Waals surface area contributed by atoms with Crippen LogP contribution in [-0.2, 0) is 0 Å². The lowest BCUT2D eigenvalue weighted by Gasteiger charge is -1.93. The van der Waals surface area contributed by atoms with Gasteiger partial charge in [0.15, 0.2) is 4.67 Å². The summed E-state index contributed by atoms with van der Waals surface area (Å²) >= 11 is 6.42. The zero-order valence-corrected chi connectivity index (χ0v) is 10.3. The molecular formula is C9H4Br2N2O. The Morgan fingerprint density at radius 1 is 1.36 bits per heavy atom. The highest BCUT2D eigenvalue weighted by atomic mass is 79.9. The molecule has 5 heteroatoms. The molecule has 1 heterocycles. The summed E-state index contributed by atoms with van der Waals surface area (Å²) in [6, 6.07) is 5.32. The summed E-state index contributed by atoms with van der Waals surface area (Å²) in [5, 5.41) is 17.3. The third-order valence-corrected chi connectivity index (χ3v) is 3.32. The molecule has 70 valence electrons. The molecule has 0 saturated heterocycles. The molecule has 0 spiro atoms. The van der Waals surface area contributed by atoms with E-state index >= 15 is 0 Å². The second-order valence-electron chi connectivity index (χ2n) is 2.46. The second kappa shape index (κ2) is 4.45. The van der Waals surface area contributed by atoms with E-state index in [4.69, 9.17) is 14.9 Å². The minimum atomic E-state index is 0.0544. The van der Waals surface area contributed by atoms with Crippen molar-refractivity contribution >= 4 is 37.4 Å². The van der Waals surface area contributed by atoms with Crippen LogP contribution in [0, 0.1) is 22.7 Å². The third kappa shape index (κ3) is 2.06. The number of nitrogens with zero attached hydrogens (tertiary/aromatic N) is 2. The molecule has 1 aromatic rings.